The Labute approximate surface area is 203 Å². The highest BCUT2D eigenvalue weighted by Gasteiger charge is 2.16. The number of benzene rings is 4. The molecule has 0 atom stereocenters. The maximum Gasteiger partial charge on any atom is 0.0998 e. The summed E-state index contributed by atoms with van der Waals surface area (Å²) in [6, 6.07) is 28.0. The highest BCUT2D eigenvalue weighted by molar-refractivity contribution is 7.26. The molecule has 0 aliphatic rings. The van der Waals surface area contributed by atoms with Crippen LogP contribution in [0.2, 0.25) is 0 Å². The van der Waals surface area contributed by atoms with Crippen molar-refractivity contribution in [2.75, 3.05) is 0 Å². The molecule has 6 rings (SSSR count). The van der Waals surface area contributed by atoms with Crippen LogP contribution in [-0.4, -0.2) is 4.98 Å². The molecule has 4 aromatic carbocycles. The second-order valence-corrected chi connectivity index (χ2v) is 11.3. The fraction of sp³-hybridized carbons (Fsp3) is 0.161. The van der Waals surface area contributed by atoms with Gasteiger partial charge in [0, 0.05) is 42.7 Å². The van der Waals surface area contributed by atoms with Gasteiger partial charge in [0.2, 0.25) is 0 Å². The summed E-state index contributed by atoms with van der Waals surface area (Å²) < 4.78 is 2.61. The first-order chi connectivity index (χ1) is 16.4. The maximum absolute atomic E-state index is 9.77. The summed E-state index contributed by atoms with van der Waals surface area (Å²) in [4.78, 5) is 4.77. The van der Waals surface area contributed by atoms with Crippen LogP contribution in [0.15, 0.2) is 79.0 Å². The van der Waals surface area contributed by atoms with Crippen molar-refractivity contribution in [3.63, 3.8) is 0 Å². The molecule has 0 N–H and O–H groups in total. The molecule has 2 aromatic heterocycles. The summed E-state index contributed by atoms with van der Waals surface area (Å²) in [5, 5.41) is 16.8. The minimum absolute atomic E-state index is 0.259. The molecule has 3 heteroatoms. The fourth-order valence-corrected chi connectivity index (χ4v) is 6.24. The lowest BCUT2D eigenvalue weighted by Gasteiger charge is -2.18. The summed E-state index contributed by atoms with van der Waals surface area (Å²) in [5.74, 6) is 0. The third-order valence-electron chi connectivity index (χ3n) is 6.43. The van der Waals surface area contributed by atoms with Crippen LogP contribution < -0.4 is 0 Å². The van der Waals surface area contributed by atoms with Crippen molar-refractivity contribution in [2.45, 2.75) is 27.2 Å². The van der Waals surface area contributed by atoms with E-state index >= 15 is 0 Å². The Kier molecular flexibility index (Phi) is 4.69. The maximum atomic E-state index is 9.77. The van der Waals surface area contributed by atoms with E-state index < -0.39 is 0 Å². The molecule has 0 saturated carbocycles. The number of nitriles is 1. The van der Waals surface area contributed by atoms with Gasteiger partial charge in [0.1, 0.15) is 0 Å². The van der Waals surface area contributed by atoms with Crippen LogP contribution in [0.25, 0.3) is 53.0 Å². The lowest BCUT2D eigenvalue weighted by atomic mass is 9.88. The van der Waals surface area contributed by atoms with Gasteiger partial charge in [0.05, 0.1) is 17.3 Å². The monoisotopic (exact) mass is 456 g/mol. The van der Waals surface area contributed by atoms with E-state index in [4.69, 9.17) is 4.98 Å². The molecule has 0 bridgehead atoms. The molecule has 0 amide bonds. The fourth-order valence-electron chi connectivity index (χ4n) is 5.03. The minimum atomic E-state index is 0.259. The van der Waals surface area contributed by atoms with Crippen molar-refractivity contribution in [3.05, 3.63) is 90.1 Å². The van der Waals surface area contributed by atoms with E-state index in [0.717, 1.165) is 33.8 Å². The van der Waals surface area contributed by atoms with E-state index in [9.17, 15) is 5.26 Å². The van der Waals surface area contributed by atoms with Crippen LogP contribution in [0.5, 0.6) is 0 Å². The number of rotatable bonds is 2. The highest BCUT2D eigenvalue weighted by atomic mass is 32.1. The molecule has 34 heavy (non-hydrogen) atoms. The molecule has 0 aliphatic carbocycles. The standard InChI is InChI=1S/C31H24N2S/c1-31(2,3)17-19-8-11-28-27(14-19)25-10-9-24-26(30(25)34-28)12-13-33-29(24)21-15-20-6-4-5-7-23(20)22(16-21)18-32/h4-16H,17H2,1-3H3. The van der Waals surface area contributed by atoms with Gasteiger partial charge in [-0.2, -0.15) is 5.26 Å². The second-order valence-electron chi connectivity index (χ2n) is 10.2. The molecule has 0 spiro atoms. The minimum Gasteiger partial charge on any atom is -0.256 e. The quantitative estimate of drug-likeness (QED) is 0.261. The molecule has 6 aromatic rings. The zero-order chi connectivity index (χ0) is 23.4. The number of pyridine rings is 1. The van der Waals surface area contributed by atoms with Gasteiger partial charge in [-0.3, -0.25) is 4.98 Å². The van der Waals surface area contributed by atoms with Gasteiger partial charge in [-0.15, -0.1) is 11.3 Å². The molecule has 2 heterocycles. The Bertz CT molecular complexity index is 1780. The van der Waals surface area contributed by atoms with E-state index in [1.807, 2.05) is 41.8 Å². The second kappa shape index (κ2) is 7.65. The topological polar surface area (TPSA) is 36.7 Å². The average molecular weight is 457 g/mol. The van der Waals surface area contributed by atoms with Gasteiger partial charge in [-0.05, 0) is 58.5 Å². The van der Waals surface area contributed by atoms with Gasteiger partial charge >= 0.3 is 0 Å². The zero-order valence-electron chi connectivity index (χ0n) is 19.5. The summed E-state index contributed by atoms with van der Waals surface area (Å²) in [5.41, 5.74) is 4.23. The Morgan fingerprint density at radius 3 is 2.44 bits per heavy atom. The summed E-state index contributed by atoms with van der Waals surface area (Å²) in [6.45, 7) is 6.86. The first kappa shape index (κ1) is 20.8. The Morgan fingerprint density at radius 1 is 0.824 bits per heavy atom. The lowest BCUT2D eigenvalue weighted by molar-refractivity contribution is 0.411. The SMILES string of the molecule is CC(C)(C)Cc1ccc2sc3c4ccnc(-c5cc(C#N)c6ccccc6c5)c4ccc3c2c1. The van der Waals surface area contributed by atoms with Crippen LogP contribution >= 0.6 is 11.3 Å². The Hall–Kier alpha value is -3.74. The van der Waals surface area contributed by atoms with Gasteiger partial charge in [0.15, 0.2) is 0 Å². The molecule has 0 radical (unpaired) electrons. The molecule has 0 aliphatic heterocycles. The van der Waals surface area contributed by atoms with Crippen LogP contribution in [0.1, 0.15) is 31.9 Å². The average Bonchev–Trinajstić information content (AvgIpc) is 3.20. The van der Waals surface area contributed by atoms with Crippen LogP contribution in [-0.2, 0) is 6.42 Å². The van der Waals surface area contributed by atoms with E-state index in [1.54, 1.807) is 0 Å². The highest BCUT2D eigenvalue weighted by Crippen LogP contribution is 2.41. The lowest BCUT2D eigenvalue weighted by Crippen LogP contribution is -2.08. The van der Waals surface area contributed by atoms with Crippen LogP contribution in [0, 0.1) is 16.7 Å². The predicted molar refractivity (Wildman–Crippen MR) is 145 cm³/mol. The Balaban J connectivity index is 1.58. The summed E-state index contributed by atoms with van der Waals surface area (Å²) in [6.07, 6.45) is 2.96. The molecular weight excluding hydrogens is 432 g/mol. The van der Waals surface area contributed by atoms with Crippen LogP contribution in [0.4, 0.5) is 0 Å². The van der Waals surface area contributed by atoms with Crippen molar-refractivity contribution in [1.29, 1.82) is 5.26 Å². The zero-order valence-corrected chi connectivity index (χ0v) is 20.3. The van der Waals surface area contributed by atoms with Crippen molar-refractivity contribution in [1.82, 2.24) is 4.98 Å². The van der Waals surface area contributed by atoms with Gasteiger partial charge < -0.3 is 0 Å². The van der Waals surface area contributed by atoms with Crippen molar-refractivity contribution < 1.29 is 0 Å². The number of nitrogens with zero attached hydrogens (tertiary/aromatic N) is 2. The molecule has 0 fully saturated rings. The largest absolute Gasteiger partial charge is 0.256 e. The first-order valence-electron chi connectivity index (χ1n) is 11.6. The normalized spacial score (nSPS) is 12.1. The molecular formula is C31H24N2S. The molecule has 164 valence electrons. The van der Waals surface area contributed by atoms with Crippen molar-refractivity contribution in [2.24, 2.45) is 5.41 Å². The molecule has 0 saturated heterocycles. The summed E-state index contributed by atoms with van der Waals surface area (Å²) >= 11 is 1.85. The van der Waals surface area contributed by atoms with Gasteiger partial charge in [-0.25, -0.2) is 0 Å². The third kappa shape index (κ3) is 3.43. The predicted octanol–water partition coefficient (Wildman–Crippen LogP) is 8.88. The molecule has 0 unspecified atom stereocenters. The first-order valence-corrected chi connectivity index (χ1v) is 12.4. The Morgan fingerprint density at radius 2 is 1.62 bits per heavy atom. The van der Waals surface area contributed by atoms with Crippen molar-refractivity contribution >= 4 is 53.1 Å². The number of aromatic nitrogens is 1. The van der Waals surface area contributed by atoms with E-state index in [0.29, 0.717) is 5.56 Å². The third-order valence-corrected chi connectivity index (χ3v) is 7.65. The van der Waals surface area contributed by atoms with E-state index in [1.165, 1.54) is 31.1 Å². The number of hydrogen-bond donors (Lipinski definition) is 0. The van der Waals surface area contributed by atoms with Gasteiger partial charge in [-0.1, -0.05) is 63.2 Å². The summed E-state index contributed by atoms with van der Waals surface area (Å²) in [7, 11) is 0. The smallest absolute Gasteiger partial charge is 0.0998 e. The molecule has 2 nitrogen and oxygen atoms in total. The van der Waals surface area contributed by atoms with Crippen molar-refractivity contribution in [3.8, 4) is 17.3 Å². The number of hydrogen-bond acceptors (Lipinski definition) is 3. The van der Waals surface area contributed by atoms with E-state index in [-0.39, 0.29) is 5.41 Å². The number of fused-ring (bicyclic) bond motifs is 6. The van der Waals surface area contributed by atoms with Gasteiger partial charge in [0.25, 0.3) is 0 Å². The van der Waals surface area contributed by atoms with Crippen LogP contribution in [0.3, 0.4) is 0 Å². The van der Waals surface area contributed by atoms with E-state index in [2.05, 4.69) is 75.4 Å². The number of thiophene rings is 1.